The number of aliphatic hydroxyl groups is 1. The van der Waals surface area contributed by atoms with Crippen molar-refractivity contribution in [2.45, 2.75) is 38.8 Å². The summed E-state index contributed by atoms with van der Waals surface area (Å²) in [5, 5.41) is 13.4. The zero-order chi connectivity index (χ0) is 10.1. The van der Waals surface area contributed by atoms with E-state index in [9.17, 15) is 5.11 Å². The van der Waals surface area contributed by atoms with E-state index in [-0.39, 0.29) is 0 Å². The Morgan fingerprint density at radius 1 is 1.69 bits per heavy atom. The molecule has 0 saturated heterocycles. The molecule has 0 radical (unpaired) electrons. The highest BCUT2D eigenvalue weighted by atomic mass is 16.5. The lowest BCUT2D eigenvalue weighted by Gasteiger charge is -2.20. The van der Waals surface area contributed by atoms with Gasteiger partial charge in [0.25, 0.3) is 0 Å². The zero-order valence-corrected chi connectivity index (χ0v) is 8.24. The van der Waals surface area contributed by atoms with Gasteiger partial charge in [0.05, 0.1) is 0 Å². The van der Waals surface area contributed by atoms with Crippen molar-refractivity contribution in [3.05, 3.63) is 17.5 Å². The van der Waals surface area contributed by atoms with Crippen molar-refractivity contribution in [3.8, 4) is 0 Å². The summed E-state index contributed by atoms with van der Waals surface area (Å²) in [5.74, 6) is 0.698. The van der Waals surface area contributed by atoms with Gasteiger partial charge in [0.15, 0.2) is 0 Å². The monoisotopic (exact) mass is 184 g/mol. The largest absolute Gasteiger partial charge is 0.387 e. The fourth-order valence-electron chi connectivity index (χ4n) is 1.15. The minimum atomic E-state index is -0.641. The Kier molecular flexibility index (Phi) is 2.73. The van der Waals surface area contributed by atoms with Gasteiger partial charge < -0.3 is 15.4 Å². The summed E-state index contributed by atoms with van der Waals surface area (Å²) in [5.41, 5.74) is 5.92. The van der Waals surface area contributed by atoms with E-state index < -0.39 is 11.6 Å². The molecule has 0 saturated carbocycles. The van der Waals surface area contributed by atoms with Crippen LogP contribution in [0.1, 0.15) is 37.8 Å². The third-order valence-electron chi connectivity index (χ3n) is 1.71. The lowest BCUT2D eigenvalue weighted by Crippen LogP contribution is -2.33. The lowest BCUT2D eigenvalue weighted by atomic mass is 9.96. The van der Waals surface area contributed by atoms with Crippen molar-refractivity contribution in [2.75, 3.05) is 0 Å². The predicted molar refractivity (Wildman–Crippen MR) is 49.1 cm³/mol. The number of nitrogens with two attached hydrogens (primary N) is 1. The Hall–Kier alpha value is -0.870. The highest BCUT2D eigenvalue weighted by Crippen LogP contribution is 2.21. The fraction of sp³-hybridized carbons (Fsp3) is 0.667. The molecule has 0 spiro atoms. The highest BCUT2D eigenvalue weighted by Gasteiger charge is 2.20. The van der Waals surface area contributed by atoms with E-state index in [0.717, 1.165) is 0 Å². The van der Waals surface area contributed by atoms with E-state index in [1.165, 1.54) is 0 Å². The first-order chi connectivity index (χ1) is 5.88. The van der Waals surface area contributed by atoms with Crippen molar-refractivity contribution in [1.29, 1.82) is 0 Å². The molecule has 74 valence electrons. The summed E-state index contributed by atoms with van der Waals surface area (Å²) in [7, 11) is 0. The number of hydrogen-bond donors (Lipinski definition) is 2. The summed E-state index contributed by atoms with van der Waals surface area (Å²) in [4.78, 5) is 0. The van der Waals surface area contributed by atoms with Crippen LogP contribution in [0, 0.1) is 6.92 Å². The van der Waals surface area contributed by atoms with Gasteiger partial charge >= 0.3 is 0 Å². The average molecular weight is 184 g/mol. The molecule has 3 N–H and O–H groups in total. The molecule has 13 heavy (non-hydrogen) atoms. The van der Waals surface area contributed by atoms with Gasteiger partial charge in [-0.05, 0) is 27.2 Å². The minimum absolute atomic E-state index is 0.397. The molecule has 1 rings (SSSR count). The lowest BCUT2D eigenvalue weighted by molar-refractivity contribution is 0.133. The Bertz CT molecular complexity index is 275. The fourth-order valence-corrected chi connectivity index (χ4v) is 1.15. The molecule has 1 aromatic heterocycles. The van der Waals surface area contributed by atoms with Crippen LogP contribution in [0.25, 0.3) is 0 Å². The van der Waals surface area contributed by atoms with Crippen LogP contribution in [-0.2, 0) is 0 Å². The summed E-state index contributed by atoms with van der Waals surface area (Å²) in [6.45, 7) is 5.52. The highest BCUT2D eigenvalue weighted by molar-refractivity contribution is 5.07. The molecule has 4 heteroatoms. The van der Waals surface area contributed by atoms with Gasteiger partial charge in [-0.3, -0.25) is 0 Å². The van der Waals surface area contributed by atoms with Crippen LogP contribution in [0.15, 0.2) is 10.6 Å². The maximum atomic E-state index is 9.67. The Morgan fingerprint density at radius 2 is 2.31 bits per heavy atom. The minimum Gasteiger partial charge on any atom is -0.387 e. The van der Waals surface area contributed by atoms with Crippen molar-refractivity contribution in [2.24, 2.45) is 5.73 Å². The average Bonchev–Trinajstić information content (AvgIpc) is 2.31. The molecule has 1 aromatic rings. The summed E-state index contributed by atoms with van der Waals surface area (Å²) in [6.07, 6.45) is -0.170. The van der Waals surface area contributed by atoms with Crippen LogP contribution in [0.5, 0.6) is 0 Å². The van der Waals surface area contributed by atoms with Crippen molar-refractivity contribution >= 4 is 0 Å². The molecule has 1 atom stereocenters. The molecule has 0 fully saturated rings. The first-order valence-electron chi connectivity index (χ1n) is 4.29. The molecule has 0 aromatic carbocycles. The molecule has 0 aliphatic heterocycles. The van der Waals surface area contributed by atoms with Gasteiger partial charge in [-0.1, -0.05) is 5.16 Å². The molecular weight excluding hydrogens is 168 g/mol. The van der Waals surface area contributed by atoms with Gasteiger partial charge in [-0.25, -0.2) is 0 Å². The van der Waals surface area contributed by atoms with Crippen LogP contribution in [0.4, 0.5) is 0 Å². The zero-order valence-electron chi connectivity index (χ0n) is 8.24. The van der Waals surface area contributed by atoms with Crippen molar-refractivity contribution in [1.82, 2.24) is 5.16 Å². The third kappa shape index (κ3) is 3.16. The molecule has 1 unspecified atom stereocenters. The second-order valence-electron chi connectivity index (χ2n) is 4.07. The second-order valence-corrected chi connectivity index (χ2v) is 4.07. The maximum absolute atomic E-state index is 9.67. The Labute approximate surface area is 77.7 Å². The molecule has 0 bridgehead atoms. The van der Waals surface area contributed by atoms with Gasteiger partial charge in [-0.2, -0.15) is 0 Å². The summed E-state index contributed by atoms with van der Waals surface area (Å²) < 4.78 is 4.85. The number of aliphatic hydroxyl groups excluding tert-OH is 1. The predicted octanol–water partition coefficient (Wildman–Crippen LogP) is 1.14. The normalized spacial score (nSPS) is 14.5. The smallest absolute Gasteiger partial charge is 0.134 e. The van der Waals surface area contributed by atoms with Crippen LogP contribution in [0.2, 0.25) is 0 Å². The van der Waals surface area contributed by atoms with Crippen LogP contribution >= 0.6 is 0 Å². The molecular formula is C9H16N2O2. The Morgan fingerprint density at radius 3 is 2.69 bits per heavy atom. The number of nitrogens with zero attached hydrogens (tertiary/aromatic N) is 1. The molecule has 4 nitrogen and oxygen atoms in total. The number of hydrogen-bond acceptors (Lipinski definition) is 4. The molecule has 0 aliphatic carbocycles. The van der Waals surface area contributed by atoms with Gasteiger partial charge in [0.1, 0.15) is 17.6 Å². The van der Waals surface area contributed by atoms with E-state index in [2.05, 4.69) is 5.16 Å². The summed E-state index contributed by atoms with van der Waals surface area (Å²) >= 11 is 0. The molecule has 1 heterocycles. The number of aryl methyl sites for hydroxylation is 1. The van der Waals surface area contributed by atoms with Gasteiger partial charge in [0, 0.05) is 11.6 Å². The maximum Gasteiger partial charge on any atom is 0.134 e. The second kappa shape index (κ2) is 3.47. The quantitative estimate of drug-likeness (QED) is 0.739. The first-order valence-corrected chi connectivity index (χ1v) is 4.29. The molecule has 0 amide bonds. The van der Waals surface area contributed by atoms with Crippen molar-refractivity contribution in [3.63, 3.8) is 0 Å². The van der Waals surface area contributed by atoms with Crippen LogP contribution in [0.3, 0.4) is 0 Å². The van der Waals surface area contributed by atoms with E-state index in [1.807, 2.05) is 13.8 Å². The number of aromatic nitrogens is 1. The summed E-state index contributed by atoms with van der Waals surface area (Å²) in [6, 6.07) is 1.72. The topological polar surface area (TPSA) is 72.3 Å². The van der Waals surface area contributed by atoms with Gasteiger partial charge in [-0.15, -0.1) is 0 Å². The standard InChI is InChI=1S/C9H16N2O2/c1-6-4-7(11-13-6)8(12)5-9(2,3)10/h4,8,12H,5,10H2,1-3H3. The van der Waals surface area contributed by atoms with Crippen LogP contribution < -0.4 is 5.73 Å². The van der Waals surface area contributed by atoms with Crippen molar-refractivity contribution < 1.29 is 9.63 Å². The number of rotatable bonds is 3. The molecule has 0 aliphatic rings. The van der Waals surface area contributed by atoms with E-state index in [0.29, 0.717) is 17.9 Å². The first kappa shape index (κ1) is 10.2. The third-order valence-corrected chi connectivity index (χ3v) is 1.71. The van der Waals surface area contributed by atoms with E-state index in [4.69, 9.17) is 10.3 Å². The van der Waals surface area contributed by atoms with E-state index in [1.54, 1.807) is 13.0 Å². The SMILES string of the molecule is Cc1cc(C(O)CC(C)(C)N)no1. The van der Waals surface area contributed by atoms with E-state index >= 15 is 0 Å². The van der Waals surface area contributed by atoms with Crippen LogP contribution in [-0.4, -0.2) is 15.8 Å². The Balaban J connectivity index is 2.64. The van der Waals surface area contributed by atoms with Gasteiger partial charge in [0.2, 0.25) is 0 Å².